The second-order valence-electron chi connectivity index (χ2n) is 16.2. The molecule has 13 aromatic rings. The molecule has 0 aliphatic carbocycles. The molecule has 0 saturated heterocycles. The van der Waals surface area contributed by atoms with Crippen molar-refractivity contribution in [1.82, 2.24) is 29.1 Å². The van der Waals surface area contributed by atoms with Gasteiger partial charge < -0.3 is 9.13 Å². The van der Waals surface area contributed by atoms with Gasteiger partial charge in [0.05, 0.1) is 33.3 Å². The lowest BCUT2D eigenvalue weighted by atomic mass is 9.97. The first-order valence-electron chi connectivity index (χ1n) is 21.6. The molecule has 0 bridgehead atoms. The summed E-state index contributed by atoms with van der Waals surface area (Å²) in [7, 11) is 0. The van der Waals surface area contributed by atoms with Crippen LogP contribution >= 0.6 is 0 Å². The zero-order valence-corrected chi connectivity index (χ0v) is 34.5. The van der Waals surface area contributed by atoms with Gasteiger partial charge in [-0.05, 0) is 66.0 Å². The quantitative estimate of drug-likeness (QED) is 0.157. The smallest absolute Gasteiger partial charge is 0.164 e. The highest BCUT2D eigenvalue weighted by Gasteiger charge is 2.22. The van der Waals surface area contributed by atoms with Crippen LogP contribution in [-0.4, -0.2) is 29.1 Å². The fourth-order valence-corrected chi connectivity index (χ4v) is 9.70. The average Bonchev–Trinajstić information content (AvgIpc) is 3.89. The predicted molar refractivity (Wildman–Crippen MR) is 263 cm³/mol. The molecule has 0 atom stereocenters. The second kappa shape index (κ2) is 14.4. The van der Waals surface area contributed by atoms with E-state index in [9.17, 15) is 0 Å². The van der Waals surface area contributed by atoms with Crippen LogP contribution in [-0.2, 0) is 0 Å². The Balaban J connectivity index is 1.09. The van der Waals surface area contributed by atoms with Crippen molar-refractivity contribution in [3.63, 3.8) is 0 Å². The van der Waals surface area contributed by atoms with Crippen LogP contribution in [0.3, 0.4) is 0 Å². The fourth-order valence-electron chi connectivity index (χ4n) is 9.70. The van der Waals surface area contributed by atoms with E-state index in [-0.39, 0.29) is 0 Å². The molecule has 0 N–H and O–H groups in total. The van der Waals surface area contributed by atoms with Gasteiger partial charge >= 0.3 is 0 Å². The van der Waals surface area contributed by atoms with E-state index in [4.69, 9.17) is 19.9 Å². The number of aromatic nitrogens is 6. The Hall–Kier alpha value is -8.74. The topological polar surface area (TPSA) is 61.4 Å². The standard InChI is InChI=1S/C58H36N6/c1-4-18-37(19-5-1)55-47-36-53-48(35-46(47)42-26-10-13-30-49(42)59-55)54-45(29-17-33-52(54)63(53)40-23-8-3-9-24-40)58-61-56(38-20-6-2-7-21-38)60-57(62-58)39-22-16-25-41(34-39)64-50-31-14-11-27-43(50)44-28-12-15-32-51(44)64/h1-36H. The molecule has 13 rings (SSSR count). The van der Waals surface area contributed by atoms with Crippen LogP contribution in [0, 0.1) is 0 Å². The fraction of sp³-hybridized carbons (Fsp3) is 0. The minimum atomic E-state index is 0.602. The van der Waals surface area contributed by atoms with Gasteiger partial charge in [-0.1, -0.05) is 158 Å². The first kappa shape index (κ1) is 36.0. The lowest BCUT2D eigenvalue weighted by Crippen LogP contribution is -2.01. The van der Waals surface area contributed by atoms with E-state index in [0.29, 0.717) is 17.5 Å². The molecule has 0 aliphatic rings. The highest BCUT2D eigenvalue weighted by atomic mass is 15.0. The van der Waals surface area contributed by atoms with Gasteiger partial charge in [0, 0.05) is 65.9 Å². The zero-order chi connectivity index (χ0) is 42.1. The number of rotatable bonds is 6. The van der Waals surface area contributed by atoms with Crippen LogP contribution in [0.4, 0.5) is 0 Å². The molecule has 0 saturated carbocycles. The minimum absolute atomic E-state index is 0.602. The molecule has 6 nitrogen and oxygen atoms in total. The number of nitrogens with zero attached hydrogens (tertiary/aromatic N) is 6. The van der Waals surface area contributed by atoms with Crippen molar-refractivity contribution in [3.05, 3.63) is 218 Å². The van der Waals surface area contributed by atoms with Crippen molar-refractivity contribution in [1.29, 1.82) is 0 Å². The Kier molecular flexibility index (Phi) is 8.11. The molecular weight excluding hydrogens is 781 g/mol. The third kappa shape index (κ3) is 5.66. The van der Waals surface area contributed by atoms with E-state index >= 15 is 0 Å². The largest absolute Gasteiger partial charge is 0.309 e. The number of hydrogen-bond donors (Lipinski definition) is 0. The molecular formula is C58H36N6. The summed E-state index contributed by atoms with van der Waals surface area (Å²) in [5.41, 5.74) is 12.3. The molecule has 6 heteroatoms. The van der Waals surface area contributed by atoms with Crippen LogP contribution in [0.2, 0.25) is 0 Å². The highest BCUT2D eigenvalue weighted by Crippen LogP contribution is 2.43. The first-order chi connectivity index (χ1) is 31.7. The lowest BCUT2D eigenvalue weighted by molar-refractivity contribution is 1.07. The van der Waals surface area contributed by atoms with Gasteiger partial charge in [-0.3, -0.25) is 0 Å². The molecule has 0 spiro atoms. The third-order valence-electron chi connectivity index (χ3n) is 12.5. The van der Waals surface area contributed by atoms with Crippen molar-refractivity contribution in [2.75, 3.05) is 0 Å². The van der Waals surface area contributed by atoms with Gasteiger partial charge in [0.1, 0.15) is 0 Å². The zero-order valence-electron chi connectivity index (χ0n) is 34.5. The van der Waals surface area contributed by atoms with E-state index in [1.165, 1.54) is 10.8 Å². The molecule has 0 amide bonds. The Morgan fingerprint density at radius 2 is 0.812 bits per heavy atom. The van der Waals surface area contributed by atoms with Gasteiger partial charge in [-0.25, -0.2) is 19.9 Å². The maximum absolute atomic E-state index is 5.40. The molecule has 0 fully saturated rings. The number of fused-ring (bicyclic) bond motifs is 9. The van der Waals surface area contributed by atoms with Gasteiger partial charge in [0.15, 0.2) is 17.5 Å². The molecule has 0 radical (unpaired) electrons. The summed E-state index contributed by atoms with van der Waals surface area (Å²) in [4.78, 5) is 21.2. The van der Waals surface area contributed by atoms with E-state index in [0.717, 1.165) is 93.8 Å². The van der Waals surface area contributed by atoms with Gasteiger partial charge in [-0.2, -0.15) is 0 Å². The second-order valence-corrected chi connectivity index (χ2v) is 16.2. The Bertz CT molecular complexity index is 3890. The van der Waals surface area contributed by atoms with Gasteiger partial charge in [0.2, 0.25) is 0 Å². The molecule has 4 heterocycles. The monoisotopic (exact) mass is 816 g/mol. The summed E-state index contributed by atoms with van der Waals surface area (Å²) in [5, 5.41) is 7.95. The first-order valence-corrected chi connectivity index (χ1v) is 21.6. The Labute approximate surface area is 368 Å². The molecule has 298 valence electrons. The van der Waals surface area contributed by atoms with Gasteiger partial charge in [0.25, 0.3) is 0 Å². The maximum Gasteiger partial charge on any atom is 0.164 e. The Morgan fingerprint density at radius 3 is 1.55 bits per heavy atom. The Morgan fingerprint density at radius 1 is 0.281 bits per heavy atom. The SMILES string of the molecule is c1ccc(-c2nc(-c3cccc(-n4c5ccccc5c5ccccc54)c3)nc(-c3cccc4c3c3cc5c(cc3n4-c3ccccc3)c(-c3ccccc3)nc3ccccc35)n2)cc1. The van der Waals surface area contributed by atoms with Crippen LogP contribution in [0.15, 0.2) is 218 Å². The number of hydrogen-bond acceptors (Lipinski definition) is 4. The van der Waals surface area contributed by atoms with Crippen LogP contribution in [0.5, 0.6) is 0 Å². The normalized spacial score (nSPS) is 11.8. The predicted octanol–water partition coefficient (Wildman–Crippen LogP) is 14.4. The van der Waals surface area contributed by atoms with Gasteiger partial charge in [-0.15, -0.1) is 0 Å². The lowest BCUT2D eigenvalue weighted by Gasteiger charge is -2.12. The van der Waals surface area contributed by atoms with Crippen molar-refractivity contribution in [3.8, 4) is 56.8 Å². The van der Waals surface area contributed by atoms with E-state index in [1.807, 2.05) is 18.2 Å². The van der Waals surface area contributed by atoms with E-state index in [1.54, 1.807) is 0 Å². The summed E-state index contributed by atoms with van der Waals surface area (Å²) in [6.45, 7) is 0. The number of benzene rings is 9. The highest BCUT2D eigenvalue weighted by molar-refractivity contribution is 6.22. The summed E-state index contributed by atoms with van der Waals surface area (Å²) >= 11 is 0. The van der Waals surface area contributed by atoms with Crippen LogP contribution in [0.25, 0.3) is 122 Å². The number of para-hydroxylation sites is 4. The third-order valence-corrected chi connectivity index (χ3v) is 12.5. The van der Waals surface area contributed by atoms with Crippen LogP contribution < -0.4 is 0 Å². The van der Waals surface area contributed by atoms with Crippen molar-refractivity contribution >= 4 is 65.3 Å². The van der Waals surface area contributed by atoms with Crippen molar-refractivity contribution in [2.45, 2.75) is 0 Å². The summed E-state index contributed by atoms with van der Waals surface area (Å²) < 4.78 is 4.70. The van der Waals surface area contributed by atoms with E-state index in [2.05, 4.69) is 209 Å². The molecule has 0 aliphatic heterocycles. The molecule has 64 heavy (non-hydrogen) atoms. The summed E-state index contributed by atoms with van der Waals surface area (Å²) in [5.74, 6) is 1.82. The molecule has 9 aromatic carbocycles. The maximum atomic E-state index is 5.40. The average molecular weight is 817 g/mol. The van der Waals surface area contributed by atoms with Crippen molar-refractivity contribution in [2.24, 2.45) is 0 Å². The van der Waals surface area contributed by atoms with Crippen LogP contribution in [0.1, 0.15) is 0 Å². The summed E-state index contributed by atoms with van der Waals surface area (Å²) in [6.07, 6.45) is 0. The number of pyridine rings is 1. The molecule has 4 aromatic heterocycles. The summed E-state index contributed by atoms with van der Waals surface area (Å²) in [6, 6.07) is 76.7. The van der Waals surface area contributed by atoms with E-state index < -0.39 is 0 Å². The minimum Gasteiger partial charge on any atom is -0.309 e. The van der Waals surface area contributed by atoms with Crippen molar-refractivity contribution < 1.29 is 0 Å². The molecule has 0 unspecified atom stereocenters.